The molecule has 16 heavy (non-hydrogen) atoms. The van der Waals surface area contributed by atoms with Crippen molar-refractivity contribution in [2.24, 2.45) is 0 Å². The van der Waals surface area contributed by atoms with E-state index < -0.39 is 0 Å². The molecule has 2 rings (SSSR count). The Morgan fingerprint density at radius 3 is 2.56 bits per heavy atom. The molecule has 1 aromatic carbocycles. The van der Waals surface area contributed by atoms with Gasteiger partial charge in [-0.25, -0.2) is 4.98 Å². The van der Waals surface area contributed by atoms with Crippen molar-refractivity contribution >= 4 is 22.4 Å². The van der Waals surface area contributed by atoms with Gasteiger partial charge in [-0.15, -0.1) is 0 Å². The Morgan fingerprint density at radius 1 is 1.31 bits per heavy atom. The average molecular weight is 234 g/mol. The highest BCUT2D eigenvalue weighted by Crippen LogP contribution is 2.19. The fourth-order valence-corrected chi connectivity index (χ4v) is 1.45. The Hall–Kier alpha value is -1.63. The number of nitriles is 1. The van der Waals surface area contributed by atoms with Gasteiger partial charge in [-0.2, -0.15) is 5.26 Å². The van der Waals surface area contributed by atoms with Crippen LogP contribution >= 0.6 is 11.6 Å². The van der Waals surface area contributed by atoms with Gasteiger partial charge in [0.05, 0.1) is 0 Å². The lowest BCUT2D eigenvalue weighted by atomic mass is 10.1. The number of hydrogen-bond acceptors (Lipinski definition) is 3. The van der Waals surface area contributed by atoms with Crippen molar-refractivity contribution in [3.8, 4) is 6.07 Å². The predicted octanol–water partition coefficient (Wildman–Crippen LogP) is 2.60. The van der Waals surface area contributed by atoms with Crippen molar-refractivity contribution in [2.75, 3.05) is 14.1 Å². The molecular weight excluding hydrogens is 222 g/mol. The summed E-state index contributed by atoms with van der Waals surface area (Å²) in [5.74, 6) is 0. The van der Waals surface area contributed by atoms with Crippen LogP contribution in [0.2, 0.25) is 5.15 Å². The van der Waals surface area contributed by atoms with Crippen LogP contribution in [0.3, 0.4) is 0 Å². The van der Waals surface area contributed by atoms with E-state index in [0.717, 1.165) is 10.8 Å². The first-order valence-corrected chi connectivity index (χ1v) is 5.14. The number of halogens is 1. The molecule has 0 atom stereocenters. The Morgan fingerprint density at radius 2 is 1.94 bits per heavy atom. The minimum absolute atomic E-state index is 0.357. The number of aromatic nitrogens is 1. The third kappa shape index (κ3) is 2.93. The van der Waals surface area contributed by atoms with Gasteiger partial charge < -0.3 is 5.32 Å². The van der Waals surface area contributed by atoms with Crippen molar-refractivity contribution in [1.82, 2.24) is 10.3 Å². The van der Waals surface area contributed by atoms with E-state index in [1.807, 2.05) is 44.4 Å². The van der Waals surface area contributed by atoms with Gasteiger partial charge in [-0.1, -0.05) is 35.9 Å². The lowest BCUT2D eigenvalue weighted by molar-refractivity contribution is 1.02. The van der Waals surface area contributed by atoms with E-state index in [4.69, 9.17) is 16.9 Å². The van der Waals surface area contributed by atoms with E-state index in [1.54, 1.807) is 6.07 Å². The highest BCUT2D eigenvalue weighted by atomic mass is 35.5. The summed E-state index contributed by atoms with van der Waals surface area (Å²) in [6.07, 6.45) is 0. The summed E-state index contributed by atoms with van der Waals surface area (Å²) in [6, 6.07) is 11.3. The van der Waals surface area contributed by atoms with E-state index in [1.165, 1.54) is 0 Å². The summed E-state index contributed by atoms with van der Waals surface area (Å²) < 4.78 is 0. The van der Waals surface area contributed by atoms with Crippen LogP contribution in [0.5, 0.6) is 0 Å². The number of benzene rings is 1. The highest BCUT2D eigenvalue weighted by Gasteiger charge is 2.02. The number of nitrogens with zero attached hydrogens (tertiary/aromatic N) is 2. The van der Waals surface area contributed by atoms with Crippen molar-refractivity contribution in [1.29, 1.82) is 5.26 Å². The van der Waals surface area contributed by atoms with Crippen LogP contribution in [0.4, 0.5) is 0 Å². The molecule has 0 saturated carbocycles. The Balaban J connectivity index is 0.000000386. The van der Waals surface area contributed by atoms with Gasteiger partial charge in [0.2, 0.25) is 0 Å². The lowest BCUT2D eigenvalue weighted by Gasteiger charge is -1.98. The Bertz CT molecular complexity index is 517. The maximum absolute atomic E-state index is 8.79. The van der Waals surface area contributed by atoms with E-state index in [2.05, 4.69) is 10.3 Å². The molecule has 0 amide bonds. The van der Waals surface area contributed by atoms with E-state index >= 15 is 0 Å². The van der Waals surface area contributed by atoms with Crippen LogP contribution in [0.25, 0.3) is 10.8 Å². The van der Waals surface area contributed by atoms with Gasteiger partial charge in [0.15, 0.2) is 0 Å². The quantitative estimate of drug-likeness (QED) is 0.712. The van der Waals surface area contributed by atoms with Crippen LogP contribution in [-0.4, -0.2) is 19.1 Å². The van der Waals surface area contributed by atoms with Gasteiger partial charge >= 0.3 is 0 Å². The first-order chi connectivity index (χ1) is 7.72. The number of nitrogens with one attached hydrogen (secondary N) is 1. The minimum Gasteiger partial charge on any atom is -0.323 e. The Labute approximate surface area is 99.7 Å². The second-order valence-electron chi connectivity index (χ2n) is 3.13. The summed E-state index contributed by atoms with van der Waals surface area (Å²) in [5.41, 5.74) is 0.378. The van der Waals surface area contributed by atoms with Gasteiger partial charge in [-0.05, 0) is 25.5 Å². The third-order valence-corrected chi connectivity index (χ3v) is 2.01. The van der Waals surface area contributed by atoms with E-state index in [-0.39, 0.29) is 0 Å². The molecule has 1 heterocycles. The topological polar surface area (TPSA) is 48.7 Å². The van der Waals surface area contributed by atoms with Crippen molar-refractivity contribution in [3.63, 3.8) is 0 Å². The zero-order valence-electron chi connectivity index (χ0n) is 9.16. The smallest absolute Gasteiger partial charge is 0.150 e. The molecule has 1 N–H and O–H groups in total. The highest BCUT2D eigenvalue weighted by molar-refractivity contribution is 6.30. The molecule has 0 aliphatic heterocycles. The zero-order valence-corrected chi connectivity index (χ0v) is 9.92. The molecule has 4 heteroatoms. The molecule has 2 aromatic rings. The average Bonchev–Trinajstić information content (AvgIpc) is 2.29. The monoisotopic (exact) mass is 233 g/mol. The molecule has 0 spiro atoms. The van der Waals surface area contributed by atoms with Crippen molar-refractivity contribution in [2.45, 2.75) is 0 Å². The first kappa shape index (κ1) is 12.4. The molecule has 3 nitrogen and oxygen atoms in total. The molecule has 0 radical (unpaired) electrons. The third-order valence-electron chi connectivity index (χ3n) is 1.82. The maximum Gasteiger partial charge on any atom is 0.150 e. The van der Waals surface area contributed by atoms with E-state index in [0.29, 0.717) is 10.8 Å². The summed E-state index contributed by atoms with van der Waals surface area (Å²) in [7, 11) is 3.75. The first-order valence-electron chi connectivity index (χ1n) is 4.76. The largest absolute Gasteiger partial charge is 0.323 e. The number of pyridine rings is 1. The fraction of sp³-hybridized carbons (Fsp3) is 0.167. The summed E-state index contributed by atoms with van der Waals surface area (Å²) >= 11 is 5.74. The molecule has 0 aliphatic carbocycles. The number of hydrogen-bond donors (Lipinski definition) is 1. The second-order valence-corrected chi connectivity index (χ2v) is 3.51. The van der Waals surface area contributed by atoms with Crippen molar-refractivity contribution in [3.05, 3.63) is 41.2 Å². The molecule has 1 aromatic heterocycles. The maximum atomic E-state index is 8.79. The normalized spacial score (nSPS) is 9.12. The van der Waals surface area contributed by atoms with Crippen LogP contribution in [0.1, 0.15) is 5.69 Å². The molecule has 0 fully saturated rings. The van der Waals surface area contributed by atoms with Crippen LogP contribution in [0, 0.1) is 11.3 Å². The molecule has 0 aliphatic rings. The van der Waals surface area contributed by atoms with Gasteiger partial charge in [0, 0.05) is 5.39 Å². The molecular formula is C12H12ClN3. The second kappa shape index (κ2) is 6.06. The lowest BCUT2D eigenvalue weighted by Crippen LogP contribution is -1.89. The fourth-order valence-electron chi connectivity index (χ4n) is 1.25. The summed E-state index contributed by atoms with van der Waals surface area (Å²) in [4.78, 5) is 3.92. The molecule has 0 unspecified atom stereocenters. The number of rotatable bonds is 0. The van der Waals surface area contributed by atoms with Crippen molar-refractivity contribution < 1.29 is 0 Å². The molecule has 0 saturated heterocycles. The zero-order chi connectivity index (χ0) is 12.0. The van der Waals surface area contributed by atoms with Gasteiger partial charge in [0.1, 0.15) is 16.9 Å². The summed E-state index contributed by atoms with van der Waals surface area (Å²) in [6.45, 7) is 0. The van der Waals surface area contributed by atoms with Crippen LogP contribution in [-0.2, 0) is 0 Å². The van der Waals surface area contributed by atoms with Gasteiger partial charge in [0.25, 0.3) is 0 Å². The van der Waals surface area contributed by atoms with Crippen LogP contribution in [0.15, 0.2) is 30.3 Å². The standard InChI is InChI=1S/C10H5ClN2.C2H7N/c11-10-5-7-3-1-2-4-8(7)9(6-12)13-10;1-3-2/h1-5H;3H,1-2H3. The van der Waals surface area contributed by atoms with E-state index in [9.17, 15) is 0 Å². The minimum atomic E-state index is 0.357. The molecule has 82 valence electrons. The Kier molecular flexibility index (Phi) is 4.71. The van der Waals surface area contributed by atoms with Crippen LogP contribution < -0.4 is 5.32 Å². The van der Waals surface area contributed by atoms with Gasteiger partial charge in [-0.3, -0.25) is 0 Å². The number of fused-ring (bicyclic) bond motifs is 1. The summed E-state index contributed by atoms with van der Waals surface area (Å²) in [5, 5.41) is 13.7. The molecule has 0 bridgehead atoms. The predicted molar refractivity (Wildman–Crippen MR) is 66.5 cm³/mol. The SMILES string of the molecule is CNC.N#Cc1nc(Cl)cc2ccccc12.